The summed E-state index contributed by atoms with van der Waals surface area (Å²) in [5, 5.41) is 2.72. The molecule has 5 heteroatoms. The molecule has 0 aliphatic rings. The molecule has 0 aliphatic carbocycles. The van der Waals surface area contributed by atoms with Gasteiger partial charge in [-0.2, -0.15) is 0 Å². The molecule has 0 saturated carbocycles. The molecular formula is C13H13BrClNOS. The summed E-state index contributed by atoms with van der Waals surface area (Å²) in [4.78, 5) is 1.10. The van der Waals surface area contributed by atoms with E-state index in [4.69, 9.17) is 22.1 Å². The van der Waals surface area contributed by atoms with Gasteiger partial charge < -0.3 is 10.5 Å². The molecule has 0 saturated heterocycles. The molecule has 0 bridgehead atoms. The Morgan fingerprint density at radius 3 is 2.50 bits per heavy atom. The molecule has 2 rings (SSSR count). The number of nitrogens with two attached hydrogens (primary N) is 1. The topological polar surface area (TPSA) is 35.2 Å². The minimum atomic E-state index is -0.150. The minimum absolute atomic E-state index is 0.0915. The van der Waals surface area contributed by atoms with E-state index < -0.39 is 0 Å². The van der Waals surface area contributed by atoms with Crippen molar-refractivity contribution < 1.29 is 4.74 Å². The highest BCUT2D eigenvalue weighted by molar-refractivity contribution is 9.10. The fourth-order valence-electron chi connectivity index (χ4n) is 1.56. The summed E-state index contributed by atoms with van der Waals surface area (Å²) in [7, 11) is 0. The summed E-state index contributed by atoms with van der Waals surface area (Å²) >= 11 is 10.9. The molecule has 2 N–H and O–H groups in total. The monoisotopic (exact) mass is 345 g/mol. The normalized spacial score (nSPS) is 14.2. The summed E-state index contributed by atoms with van der Waals surface area (Å²) in [6.07, 6.45) is -0.150. The van der Waals surface area contributed by atoms with Gasteiger partial charge in [-0.3, -0.25) is 0 Å². The second-order valence-electron chi connectivity index (χ2n) is 4.02. The Hall–Kier alpha value is -0.550. The highest BCUT2D eigenvalue weighted by atomic mass is 79.9. The minimum Gasteiger partial charge on any atom is -0.483 e. The van der Waals surface area contributed by atoms with Crippen LogP contribution in [0.1, 0.15) is 17.9 Å². The molecule has 2 aromatic rings. The van der Waals surface area contributed by atoms with Crippen molar-refractivity contribution >= 4 is 38.9 Å². The Balaban J connectivity index is 2.19. The fraction of sp³-hybridized carbons (Fsp3) is 0.231. The third kappa shape index (κ3) is 3.48. The summed E-state index contributed by atoms with van der Waals surface area (Å²) in [6, 6.07) is 9.25. The first-order valence-corrected chi connectivity index (χ1v) is 7.53. The van der Waals surface area contributed by atoms with Gasteiger partial charge in [0.15, 0.2) is 0 Å². The van der Waals surface area contributed by atoms with E-state index >= 15 is 0 Å². The summed E-state index contributed by atoms with van der Waals surface area (Å²) in [5.41, 5.74) is 6.00. The van der Waals surface area contributed by atoms with E-state index in [1.165, 1.54) is 0 Å². The van der Waals surface area contributed by atoms with Gasteiger partial charge in [0, 0.05) is 25.8 Å². The Labute approximate surface area is 124 Å². The smallest absolute Gasteiger partial charge is 0.148 e. The first-order chi connectivity index (χ1) is 8.56. The van der Waals surface area contributed by atoms with Gasteiger partial charge in [-0.05, 0) is 53.2 Å². The lowest BCUT2D eigenvalue weighted by Gasteiger charge is -2.21. The molecule has 1 aromatic carbocycles. The molecule has 2 atom stereocenters. The maximum atomic E-state index is 6.00. The van der Waals surface area contributed by atoms with Gasteiger partial charge in [-0.1, -0.05) is 11.6 Å². The highest BCUT2D eigenvalue weighted by Crippen LogP contribution is 2.31. The predicted molar refractivity (Wildman–Crippen MR) is 80.5 cm³/mol. The first kappa shape index (κ1) is 13.9. The van der Waals surface area contributed by atoms with Crippen LogP contribution < -0.4 is 10.5 Å². The molecule has 2 unspecified atom stereocenters. The van der Waals surface area contributed by atoms with Crippen molar-refractivity contribution in [2.45, 2.75) is 19.1 Å². The van der Waals surface area contributed by atoms with Gasteiger partial charge in [-0.25, -0.2) is 0 Å². The summed E-state index contributed by atoms with van der Waals surface area (Å²) in [5.74, 6) is 0.770. The van der Waals surface area contributed by atoms with Crippen molar-refractivity contribution in [1.82, 2.24) is 0 Å². The van der Waals surface area contributed by atoms with Crippen LogP contribution in [0.3, 0.4) is 0 Å². The van der Waals surface area contributed by atoms with Gasteiger partial charge in [0.25, 0.3) is 0 Å². The van der Waals surface area contributed by atoms with Gasteiger partial charge in [0.2, 0.25) is 0 Å². The van der Waals surface area contributed by atoms with E-state index in [0.29, 0.717) is 5.02 Å². The lowest BCUT2D eigenvalue weighted by molar-refractivity contribution is 0.184. The number of benzene rings is 1. The van der Waals surface area contributed by atoms with Crippen molar-refractivity contribution in [3.8, 4) is 5.75 Å². The van der Waals surface area contributed by atoms with Crippen LogP contribution in [0.4, 0.5) is 0 Å². The zero-order valence-corrected chi connectivity index (χ0v) is 12.9. The SMILES string of the molecule is CC(N)C(Oc1ccc(Cl)cc1)c1cc(Br)cs1. The third-order valence-corrected chi connectivity index (χ3v) is 4.43. The van der Waals surface area contributed by atoms with Gasteiger partial charge >= 0.3 is 0 Å². The standard InChI is InChI=1S/C13H13BrClNOS/c1-8(16)13(12-6-9(14)7-18-12)17-11-4-2-10(15)3-5-11/h2-8,13H,16H2,1H3. The van der Waals surface area contributed by atoms with Crippen LogP contribution in [-0.2, 0) is 0 Å². The number of hydrogen-bond donors (Lipinski definition) is 1. The van der Waals surface area contributed by atoms with Crippen LogP contribution in [0.15, 0.2) is 40.2 Å². The van der Waals surface area contributed by atoms with Crippen molar-refractivity contribution in [2.24, 2.45) is 5.73 Å². The maximum absolute atomic E-state index is 6.00. The molecule has 1 aromatic heterocycles. The fourth-order valence-corrected chi connectivity index (χ4v) is 3.27. The average molecular weight is 347 g/mol. The molecular weight excluding hydrogens is 334 g/mol. The van der Waals surface area contributed by atoms with E-state index in [0.717, 1.165) is 15.1 Å². The number of halogens is 2. The highest BCUT2D eigenvalue weighted by Gasteiger charge is 2.20. The molecule has 18 heavy (non-hydrogen) atoms. The van der Waals surface area contributed by atoms with Crippen LogP contribution in [0.2, 0.25) is 5.02 Å². The number of rotatable bonds is 4. The second-order valence-corrected chi connectivity index (χ2v) is 6.31. The summed E-state index contributed by atoms with van der Waals surface area (Å²) in [6.45, 7) is 1.94. The zero-order valence-electron chi connectivity index (χ0n) is 9.77. The van der Waals surface area contributed by atoms with Crippen molar-refractivity contribution in [1.29, 1.82) is 0 Å². The molecule has 96 valence electrons. The molecule has 0 aliphatic heterocycles. The van der Waals surface area contributed by atoms with Crippen molar-refractivity contribution in [3.05, 3.63) is 50.1 Å². The van der Waals surface area contributed by atoms with Crippen LogP contribution in [0.25, 0.3) is 0 Å². The zero-order chi connectivity index (χ0) is 13.1. The van der Waals surface area contributed by atoms with Crippen molar-refractivity contribution in [2.75, 3.05) is 0 Å². The quantitative estimate of drug-likeness (QED) is 0.876. The van der Waals surface area contributed by atoms with E-state index in [9.17, 15) is 0 Å². The third-order valence-electron chi connectivity index (χ3n) is 2.42. The molecule has 0 amide bonds. The first-order valence-electron chi connectivity index (χ1n) is 5.48. The second kappa shape index (κ2) is 6.06. The molecule has 2 nitrogen and oxygen atoms in total. The molecule has 1 heterocycles. The van der Waals surface area contributed by atoms with E-state index in [1.807, 2.05) is 30.5 Å². The van der Waals surface area contributed by atoms with Gasteiger partial charge in [-0.15, -0.1) is 11.3 Å². The number of hydrogen-bond acceptors (Lipinski definition) is 3. The van der Waals surface area contributed by atoms with Crippen molar-refractivity contribution in [3.63, 3.8) is 0 Å². The van der Waals surface area contributed by atoms with Gasteiger partial charge in [0.05, 0.1) is 0 Å². The van der Waals surface area contributed by atoms with E-state index in [2.05, 4.69) is 15.9 Å². The summed E-state index contributed by atoms with van der Waals surface area (Å²) < 4.78 is 6.99. The largest absolute Gasteiger partial charge is 0.483 e. The average Bonchev–Trinajstić information content (AvgIpc) is 2.74. The van der Waals surface area contributed by atoms with E-state index in [1.54, 1.807) is 23.5 Å². The van der Waals surface area contributed by atoms with Crippen LogP contribution in [0, 0.1) is 0 Å². The number of ether oxygens (including phenoxy) is 1. The Morgan fingerprint density at radius 2 is 2.00 bits per heavy atom. The Morgan fingerprint density at radius 1 is 1.33 bits per heavy atom. The lowest BCUT2D eigenvalue weighted by atomic mass is 10.1. The van der Waals surface area contributed by atoms with Crippen LogP contribution in [0.5, 0.6) is 5.75 Å². The maximum Gasteiger partial charge on any atom is 0.148 e. The molecule has 0 radical (unpaired) electrons. The van der Waals surface area contributed by atoms with E-state index in [-0.39, 0.29) is 12.1 Å². The van der Waals surface area contributed by atoms with Crippen LogP contribution in [-0.4, -0.2) is 6.04 Å². The molecule has 0 spiro atoms. The van der Waals surface area contributed by atoms with Crippen LogP contribution >= 0.6 is 38.9 Å². The van der Waals surface area contributed by atoms with Gasteiger partial charge in [0.1, 0.15) is 11.9 Å². The predicted octanol–water partition coefficient (Wildman–Crippen LogP) is 4.63. The Kier molecular flexibility index (Phi) is 4.67. The number of thiophene rings is 1. The molecule has 0 fully saturated rings. The lowest BCUT2D eigenvalue weighted by Crippen LogP contribution is -2.28. The Bertz CT molecular complexity index is 512.